The van der Waals surface area contributed by atoms with Crippen molar-refractivity contribution in [3.8, 4) is 0 Å². The number of fused-ring (bicyclic) bond motifs is 1. The van der Waals surface area contributed by atoms with Crippen molar-refractivity contribution in [3.05, 3.63) is 70.8 Å². The molecule has 0 atom stereocenters. The Morgan fingerprint density at radius 2 is 1.83 bits per heavy atom. The van der Waals surface area contributed by atoms with Crippen LogP contribution in [0, 0.1) is 6.92 Å². The lowest BCUT2D eigenvalue weighted by Gasteiger charge is -2.11. The largest absolute Gasteiger partial charge is 0.344 e. The molecule has 29 heavy (non-hydrogen) atoms. The second kappa shape index (κ2) is 7.91. The Morgan fingerprint density at radius 3 is 2.52 bits per heavy atom. The number of benzene rings is 2. The summed E-state index contributed by atoms with van der Waals surface area (Å²) in [5.74, 6) is 0.0183. The van der Waals surface area contributed by atoms with Gasteiger partial charge in [-0.15, -0.1) is 0 Å². The number of carbonyl (C=O) groups excluding carboxylic acids is 1. The van der Waals surface area contributed by atoms with Crippen LogP contribution in [0.3, 0.4) is 0 Å². The van der Waals surface area contributed by atoms with E-state index in [1.165, 1.54) is 22.8 Å². The number of aryl methyl sites for hydroxylation is 1. The second-order valence-electron chi connectivity index (χ2n) is 7.49. The molecule has 2 aromatic carbocycles. The molecular weight excluding hydrogens is 378 g/mol. The van der Waals surface area contributed by atoms with E-state index in [2.05, 4.69) is 49.7 Å². The molecule has 1 aliphatic rings. The maximum Gasteiger partial charge on any atom is 0.266 e. The molecule has 1 fully saturated rings. The summed E-state index contributed by atoms with van der Waals surface area (Å²) in [5.41, 5.74) is 4.31. The van der Waals surface area contributed by atoms with Crippen LogP contribution in [0.25, 0.3) is 17.0 Å². The van der Waals surface area contributed by atoms with Gasteiger partial charge in [0.1, 0.15) is 0 Å². The minimum absolute atomic E-state index is 0.0183. The number of rotatable bonds is 4. The Balaban J connectivity index is 1.74. The molecule has 148 valence electrons. The van der Waals surface area contributed by atoms with Gasteiger partial charge in [0.25, 0.3) is 5.91 Å². The Morgan fingerprint density at radius 1 is 1.10 bits per heavy atom. The van der Waals surface area contributed by atoms with Crippen molar-refractivity contribution < 1.29 is 4.79 Å². The van der Waals surface area contributed by atoms with E-state index in [4.69, 9.17) is 4.99 Å². The van der Waals surface area contributed by atoms with Crippen LogP contribution in [0.5, 0.6) is 0 Å². The first-order valence-electron chi connectivity index (χ1n) is 9.94. The summed E-state index contributed by atoms with van der Waals surface area (Å²) >= 11 is 1.45. The van der Waals surface area contributed by atoms with Crippen molar-refractivity contribution in [1.29, 1.82) is 0 Å². The molecule has 5 heteroatoms. The highest BCUT2D eigenvalue weighted by atomic mass is 32.2. The van der Waals surface area contributed by atoms with Gasteiger partial charge < -0.3 is 4.57 Å². The maximum atomic E-state index is 13.0. The molecule has 0 saturated carbocycles. The van der Waals surface area contributed by atoms with Crippen molar-refractivity contribution >= 4 is 45.5 Å². The van der Waals surface area contributed by atoms with E-state index in [9.17, 15) is 4.79 Å². The lowest BCUT2D eigenvalue weighted by Crippen LogP contribution is -2.28. The average molecular weight is 404 g/mol. The van der Waals surface area contributed by atoms with Gasteiger partial charge in [-0.2, -0.15) is 0 Å². The zero-order valence-electron chi connectivity index (χ0n) is 17.2. The summed E-state index contributed by atoms with van der Waals surface area (Å²) in [6, 6.07) is 16.7. The quantitative estimate of drug-likeness (QED) is 0.490. The number of para-hydroxylation sites is 1. The van der Waals surface area contributed by atoms with Crippen molar-refractivity contribution in [2.24, 2.45) is 4.99 Å². The van der Waals surface area contributed by atoms with E-state index in [0.29, 0.717) is 17.5 Å². The predicted molar refractivity (Wildman–Crippen MR) is 124 cm³/mol. The van der Waals surface area contributed by atoms with Gasteiger partial charge in [0.05, 0.1) is 10.6 Å². The van der Waals surface area contributed by atoms with E-state index >= 15 is 0 Å². The standard InChI is InChI=1S/C24H25N3OS/c1-5-26-23(28)22(29-24(26)25-19-12-10-17(4)11-13-19)14-18-15-27(16(2)3)21-9-7-6-8-20(18)21/h6-16H,5H2,1-4H3/b22-14+,25-24?. The molecular formula is C24H25N3OS. The van der Waals surface area contributed by atoms with Gasteiger partial charge in [-0.3, -0.25) is 9.69 Å². The van der Waals surface area contributed by atoms with E-state index in [-0.39, 0.29) is 5.91 Å². The third kappa shape index (κ3) is 3.75. The smallest absolute Gasteiger partial charge is 0.266 e. The van der Waals surface area contributed by atoms with Gasteiger partial charge in [-0.25, -0.2) is 4.99 Å². The summed E-state index contributed by atoms with van der Waals surface area (Å²) in [7, 11) is 0. The Kier molecular flexibility index (Phi) is 5.33. The summed E-state index contributed by atoms with van der Waals surface area (Å²) in [5, 5.41) is 1.90. The van der Waals surface area contributed by atoms with Crippen LogP contribution in [-0.2, 0) is 4.79 Å². The molecule has 1 amide bonds. The van der Waals surface area contributed by atoms with Crippen LogP contribution in [0.2, 0.25) is 0 Å². The Bertz CT molecular complexity index is 1120. The first kappa shape index (κ1) is 19.5. The number of nitrogens with zero attached hydrogens (tertiary/aromatic N) is 3. The zero-order valence-corrected chi connectivity index (χ0v) is 18.0. The number of amidine groups is 1. The van der Waals surface area contributed by atoms with Crippen LogP contribution >= 0.6 is 11.8 Å². The first-order valence-corrected chi connectivity index (χ1v) is 10.8. The number of amides is 1. The molecule has 0 N–H and O–H groups in total. The fourth-order valence-corrected chi connectivity index (χ4v) is 4.57. The van der Waals surface area contributed by atoms with Crippen LogP contribution in [0.15, 0.2) is 64.6 Å². The highest BCUT2D eigenvalue weighted by Gasteiger charge is 2.32. The number of aromatic nitrogens is 1. The van der Waals surface area contributed by atoms with Gasteiger partial charge in [0.2, 0.25) is 0 Å². The fourth-order valence-electron chi connectivity index (χ4n) is 3.52. The molecule has 0 spiro atoms. The predicted octanol–water partition coefficient (Wildman–Crippen LogP) is 6.15. The number of likely N-dealkylation sites (N-methyl/N-ethyl adjacent to an activating group) is 1. The highest BCUT2D eigenvalue weighted by molar-refractivity contribution is 8.18. The minimum Gasteiger partial charge on any atom is -0.344 e. The molecule has 0 bridgehead atoms. The van der Waals surface area contributed by atoms with E-state index in [1.54, 1.807) is 4.90 Å². The van der Waals surface area contributed by atoms with Gasteiger partial charge in [-0.1, -0.05) is 35.9 Å². The van der Waals surface area contributed by atoms with E-state index in [0.717, 1.165) is 21.8 Å². The van der Waals surface area contributed by atoms with Crippen molar-refractivity contribution in [3.63, 3.8) is 0 Å². The molecule has 2 heterocycles. The second-order valence-corrected chi connectivity index (χ2v) is 8.50. The van der Waals surface area contributed by atoms with Crippen LogP contribution < -0.4 is 0 Å². The molecule has 1 aliphatic heterocycles. The topological polar surface area (TPSA) is 37.6 Å². The van der Waals surface area contributed by atoms with Crippen molar-refractivity contribution in [2.75, 3.05) is 6.54 Å². The molecule has 4 nitrogen and oxygen atoms in total. The van der Waals surface area contributed by atoms with Crippen molar-refractivity contribution in [2.45, 2.75) is 33.7 Å². The van der Waals surface area contributed by atoms with Gasteiger partial charge in [0.15, 0.2) is 5.17 Å². The highest BCUT2D eigenvalue weighted by Crippen LogP contribution is 2.36. The molecule has 0 radical (unpaired) electrons. The number of carbonyl (C=O) groups is 1. The van der Waals surface area contributed by atoms with E-state index in [1.807, 2.05) is 43.3 Å². The van der Waals surface area contributed by atoms with Gasteiger partial charge in [-0.05, 0) is 63.7 Å². The average Bonchev–Trinajstić information content (AvgIpc) is 3.22. The number of hydrogen-bond donors (Lipinski definition) is 0. The molecule has 1 saturated heterocycles. The molecule has 3 aromatic rings. The normalized spacial score (nSPS) is 17.4. The van der Waals surface area contributed by atoms with Crippen LogP contribution in [0.4, 0.5) is 5.69 Å². The maximum absolute atomic E-state index is 13.0. The first-order chi connectivity index (χ1) is 14.0. The fraction of sp³-hybridized carbons (Fsp3) is 0.250. The number of thioether (sulfide) groups is 1. The molecule has 0 unspecified atom stereocenters. The summed E-state index contributed by atoms with van der Waals surface area (Å²) in [6.45, 7) is 8.98. The lowest BCUT2D eigenvalue weighted by atomic mass is 10.1. The number of aliphatic imine (C=N–C) groups is 1. The summed E-state index contributed by atoms with van der Waals surface area (Å²) in [4.78, 5) is 20.2. The SMILES string of the molecule is CCN1C(=O)/C(=C\c2cn(C(C)C)c3ccccc23)SC1=Nc1ccc(C)cc1. The van der Waals surface area contributed by atoms with E-state index < -0.39 is 0 Å². The zero-order chi connectivity index (χ0) is 20.5. The van der Waals surface area contributed by atoms with Gasteiger partial charge >= 0.3 is 0 Å². The summed E-state index contributed by atoms with van der Waals surface area (Å²) < 4.78 is 2.25. The number of hydrogen-bond acceptors (Lipinski definition) is 3. The van der Waals surface area contributed by atoms with Gasteiger partial charge in [0, 0.05) is 35.2 Å². The third-order valence-electron chi connectivity index (χ3n) is 5.08. The summed E-state index contributed by atoms with van der Waals surface area (Å²) in [6.07, 6.45) is 4.15. The lowest BCUT2D eigenvalue weighted by molar-refractivity contribution is -0.122. The molecule has 4 rings (SSSR count). The minimum atomic E-state index is 0.0183. The molecule has 0 aliphatic carbocycles. The van der Waals surface area contributed by atoms with Crippen LogP contribution in [-0.4, -0.2) is 27.1 Å². The van der Waals surface area contributed by atoms with Crippen molar-refractivity contribution in [1.82, 2.24) is 9.47 Å². The molecule has 1 aromatic heterocycles. The third-order valence-corrected chi connectivity index (χ3v) is 6.08. The van der Waals surface area contributed by atoms with Crippen LogP contribution in [0.1, 0.15) is 37.9 Å². The Hall–Kier alpha value is -2.79. The monoisotopic (exact) mass is 403 g/mol. The Labute approximate surface area is 175 Å².